The molecular formula is C32H56Cl2N10O10P2. The number of piperazine rings is 2. The molecule has 4 heterocycles. The van der Waals surface area contributed by atoms with Gasteiger partial charge in [-0.3, -0.25) is 18.9 Å². The third kappa shape index (κ3) is 9.90. The lowest BCUT2D eigenvalue weighted by Gasteiger charge is -2.49. The molecule has 0 spiro atoms. The highest BCUT2D eigenvalue weighted by atomic mass is 35.5. The van der Waals surface area contributed by atoms with Crippen molar-refractivity contribution in [3.05, 3.63) is 9.81 Å². The number of carbonyl (C=O) groups excluding carboxylic acids is 2. The van der Waals surface area contributed by atoms with E-state index >= 15 is 0 Å². The number of halogens is 2. The first-order chi connectivity index (χ1) is 27.2. The molecule has 6 fully saturated rings. The number of nitroso groups, excluding NO2 is 2. The minimum absolute atomic E-state index is 0.0661. The molecule has 56 heavy (non-hydrogen) atoms. The Bertz CT molecular complexity index is 1330. The summed E-state index contributed by atoms with van der Waals surface area (Å²) < 4.78 is 57.9. The number of ether oxygens (including phenoxy) is 2. The maximum Gasteiger partial charge on any atom is 0.419 e. The maximum atomic E-state index is 14.8. The third-order valence-electron chi connectivity index (χ3n) is 11.6. The smallest absolute Gasteiger partial charge is 0.419 e. The fourth-order valence-corrected chi connectivity index (χ4v) is 14.0. The van der Waals surface area contributed by atoms with E-state index in [0.717, 1.165) is 45.5 Å². The molecule has 4 unspecified atom stereocenters. The van der Waals surface area contributed by atoms with Gasteiger partial charge in [-0.1, -0.05) is 48.1 Å². The highest BCUT2D eigenvalue weighted by Gasteiger charge is 2.54. The number of esters is 2. The lowest BCUT2D eigenvalue weighted by Crippen LogP contribution is -2.57. The number of hydrogen-bond acceptors (Lipinski definition) is 14. The highest BCUT2D eigenvalue weighted by Crippen LogP contribution is 2.61. The minimum Gasteiger partial charge on any atom is -0.435 e. The second-order valence-electron chi connectivity index (χ2n) is 14.9. The van der Waals surface area contributed by atoms with Crippen LogP contribution in [0.4, 0.5) is 0 Å². The van der Waals surface area contributed by atoms with Gasteiger partial charge in [0.25, 0.3) is 0 Å². The summed E-state index contributed by atoms with van der Waals surface area (Å²) in [5.41, 5.74) is 0. The lowest BCUT2D eigenvalue weighted by atomic mass is 9.94. The summed E-state index contributed by atoms with van der Waals surface area (Å²) in [4.78, 5) is 56.2. The molecule has 2 saturated carbocycles. The lowest BCUT2D eigenvalue weighted by molar-refractivity contribution is -0.200. The van der Waals surface area contributed by atoms with Gasteiger partial charge < -0.3 is 18.5 Å². The van der Waals surface area contributed by atoms with Crippen LogP contribution in [0.25, 0.3) is 0 Å². The second kappa shape index (κ2) is 20.6. The summed E-state index contributed by atoms with van der Waals surface area (Å²) in [6.07, 6.45) is 8.65. The zero-order valence-corrected chi connectivity index (χ0v) is 35.2. The molecule has 4 aliphatic heterocycles. The number of rotatable bonds is 14. The van der Waals surface area contributed by atoms with Gasteiger partial charge in [-0.2, -0.15) is 10.2 Å². The van der Waals surface area contributed by atoms with Crippen LogP contribution in [-0.4, -0.2) is 166 Å². The van der Waals surface area contributed by atoms with E-state index in [4.69, 9.17) is 41.7 Å². The number of hydrogen-bond donors (Lipinski definition) is 0. The molecule has 0 aromatic heterocycles. The van der Waals surface area contributed by atoms with Crippen LogP contribution in [0.2, 0.25) is 0 Å². The van der Waals surface area contributed by atoms with E-state index in [1.54, 1.807) is 9.34 Å². The number of alkyl halides is 2. The standard InChI is InChI=1S/C32H56Cl2N10O10P2/c33-13-15-41(35-47)43-29(11-25-51-55(43,49)39-21-17-37(18-22-39)27-7-3-1-4-8-27)53-31(45)32(46)54-30-12-26-52-56(50,44(30)42(36-48)16-14-34)40-23-19-38(20-24-40)28-9-5-2-6-10-28/h27-30H,1-26H2. The Hall–Kier alpha value is -1.54. The van der Waals surface area contributed by atoms with E-state index in [9.17, 15) is 28.5 Å². The monoisotopic (exact) mass is 872 g/mol. The van der Waals surface area contributed by atoms with Gasteiger partial charge in [-0.25, -0.2) is 18.9 Å². The first-order valence-corrected chi connectivity index (χ1v) is 24.1. The molecule has 4 atom stereocenters. The van der Waals surface area contributed by atoms with Gasteiger partial charge in [0.2, 0.25) is 0 Å². The average Bonchev–Trinajstić information content (AvgIpc) is 3.23. The summed E-state index contributed by atoms with van der Waals surface area (Å²) in [6, 6.07) is 0.918. The first kappa shape index (κ1) is 44.0. The molecule has 0 aromatic carbocycles. The molecular weight excluding hydrogens is 817 g/mol. The van der Waals surface area contributed by atoms with Gasteiger partial charge in [-0.05, 0) is 25.7 Å². The van der Waals surface area contributed by atoms with Crippen molar-refractivity contribution in [3.8, 4) is 0 Å². The quantitative estimate of drug-likeness (QED) is 0.0589. The summed E-state index contributed by atoms with van der Waals surface area (Å²) in [5, 5.41) is 7.70. The Morgan fingerprint density at radius 3 is 1.27 bits per heavy atom. The maximum absolute atomic E-state index is 14.8. The highest BCUT2D eigenvalue weighted by molar-refractivity contribution is 7.54. The predicted molar refractivity (Wildman–Crippen MR) is 206 cm³/mol. The topological polar surface area (TPSA) is 190 Å². The van der Waals surface area contributed by atoms with Gasteiger partial charge in [-0.15, -0.1) is 33.0 Å². The van der Waals surface area contributed by atoms with Crippen molar-refractivity contribution < 1.29 is 37.2 Å². The van der Waals surface area contributed by atoms with Crippen molar-refractivity contribution in [3.63, 3.8) is 0 Å². The zero-order valence-electron chi connectivity index (χ0n) is 31.9. The molecule has 0 bridgehead atoms. The Morgan fingerprint density at radius 2 is 0.946 bits per heavy atom. The van der Waals surface area contributed by atoms with Crippen LogP contribution < -0.4 is 0 Å². The Kier molecular flexibility index (Phi) is 16.2. The molecule has 2 aliphatic carbocycles. The van der Waals surface area contributed by atoms with Crippen LogP contribution in [0.15, 0.2) is 10.6 Å². The van der Waals surface area contributed by atoms with Crippen LogP contribution in [0.5, 0.6) is 0 Å². The second-order valence-corrected chi connectivity index (χ2v) is 20.1. The molecule has 20 nitrogen and oxygen atoms in total. The number of hydrazine groups is 2. The molecule has 318 valence electrons. The molecule has 0 aromatic rings. The molecule has 24 heteroatoms. The van der Waals surface area contributed by atoms with Gasteiger partial charge in [0.15, 0.2) is 12.5 Å². The molecule has 0 N–H and O–H groups in total. The van der Waals surface area contributed by atoms with Crippen LogP contribution in [0.1, 0.15) is 77.0 Å². The van der Waals surface area contributed by atoms with Crippen LogP contribution in [0, 0.1) is 9.81 Å². The molecule has 0 amide bonds. The normalized spacial score (nSPS) is 31.8. The van der Waals surface area contributed by atoms with Gasteiger partial charge >= 0.3 is 27.3 Å². The molecule has 6 rings (SSSR count). The van der Waals surface area contributed by atoms with Crippen molar-refractivity contribution in [2.24, 2.45) is 10.6 Å². The van der Waals surface area contributed by atoms with Crippen LogP contribution >= 0.6 is 38.5 Å². The van der Waals surface area contributed by atoms with Gasteiger partial charge in [0.05, 0.1) is 36.9 Å². The van der Waals surface area contributed by atoms with E-state index in [1.807, 2.05) is 0 Å². The SMILES string of the molecule is O=NN(CCCl)N1C(OC(=O)C(=O)OC2CCOP(=O)(N3CCN(C4CCCCC4)CC3)N2N(CCCl)N=O)CCOP1(=O)N1CCN(C2CCCCC2)CC1. The summed E-state index contributed by atoms with van der Waals surface area (Å²) >= 11 is 12.0. The van der Waals surface area contributed by atoms with E-state index in [-0.39, 0.29) is 50.9 Å². The van der Waals surface area contributed by atoms with Crippen LogP contribution in [0.3, 0.4) is 0 Å². The van der Waals surface area contributed by atoms with E-state index in [0.29, 0.717) is 64.4 Å². The summed E-state index contributed by atoms with van der Waals surface area (Å²) in [7, 11) is -8.16. The Labute approximate surface area is 338 Å². The van der Waals surface area contributed by atoms with Crippen LogP contribution in [-0.2, 0) is 37.2 Å². The minimum atomic E-state index is -4.08. The van der Waals surface area contributed by atoms with E-state index in [2.05, 4.69) is 20.4 Å². The fourth-order valence-electron chi connectivity index (χ4n) is 8.82. The average molecular weight is 874 g/mol. The van der Waals surface area contributed by atoms with Crippen molar-refractivity contribution in [2.45, 2.75) is 102 Å². The number of nitrogens with zero attached hydrogens (tertiary/aromatic N) is 10. The summed E-state index contributed by atoms with van der Waals surface area (Å²) in [6.45, 7) is 3.37. The molecule has 0 radical (unpaired) electrons. The number of carbonyl (C=O) groups is 2. The van der Waals surface area contributed by atoms with Crippen molar-refractivity contribution >= 4 is 50.5 Å². The fraction of sp³-hybridized carbons (Fsp3) is 0.938. The predicted octanol–water partition coefficient (Wildman–Crippen LogP) is 4.56. The largest absolute Gasteiger partial charge is 0.435 e. The Balaban J connectivity index is 1.15. The first-order valence-electron chi connectivity index (χ1n) is 20.0. The zero-order chi connectivity index (χ0) is 39.7. The Morgan fingerprint density at radius 1 is 0.589 bits per heavy atom. The van der Waals surface area contributed by atoms with E-state index in [1.165, 1.54) is 38.5 Å². The van der Waals surface area contributed by atoms with E-state index < -0.39 is 39.7 Å². The van der Waals surface area contributed by atoms with Gasteiger partial charge in [0, 0.05) is 89.0 Å². The van der Waals surface area contributed by atoms with Gasteiger partial charge in [0.1, 0.15) is 0 Å². The molecule has 4 saturated heterocycles. The third-order valence-corrected chi connectivity index (χ3v) is 17.2. The summed E-state index contributed by atoms with van der Waals surface area (Å²) in [5.74, 6) is -3.12. The van der Waals surface area contributed by atoms with Crippen molar-refractivity contribution in [2.75, 3.05) is 90.4 Å². The van der Waals surface area contributed by atoms with Crippen molar-refractivity contribution in [1.29, 1.82) is 0 Å². The van der Waals surface area contributed by atoms with Crippen molar-refractivity contribution in [1.82, 2.24) is 38.9 Å². The molecule has 6 aliphatic rings.